The molecule has 0 unspecified atom stereocenters. The minimum atomic E-state index is -0.284. The van der Waals surface area contributed by atoms with Gasteiger partial charge in [-0.1, -0.05) is 0 Å². The summed E-state index contributed by atoms with van der Waals surface area (Å²) in [5, 5.41) is 6.86. The smallest absolute Gasteiger partial charge is 0.286 e. The maximum absolute atomic E-state index is 12.4. The van der Waals surface area contributed by atoms with Crippen LogP contribution in [0.3, 0.4) is 0 Å². The number of amides is 2. The van der Waals surface area contributed by atoms with Crippen molar-refractivity contribution in [2.45, 2.75) is 25.3 Å². The van der Waals surface area contributed by atoms with E-state index in [9.17, 15) is 9.59 Å². The van der Waals surface area contributed by atoms with Crippen LogP contribution in [0.25, 0.3) is 0 Å². The number of furan rings is 1. The predicted molar refractivity (Wildman–Crippen MR) is 83.7 cm³/mol. The van der Waals surface area contributed by atoms with Gasteiger partial charge in [0.25, 0.3) is 5.91 Å². The molecule has 0 spiro atoms. The standard InChI is InChI=1S/C16H18N2O3S/c19-15(5-7-17-16(20)14-4-2-9-21-14)18-8-1-3-13(18)12-6-10-22-11-12/h2,4,6,9-11,13H,1,3,5,7-8H2,(H,17,20)/t13-/m1/s1. The summed E-state index contributed by atoms with van der Waals surface area (Å²) in [6.45, 7) is 1.12. The summed E-state index contributed by atoms with van der Waals surface area (Å²) < 4.78 is 5.01. The van der Waals surface area contributed by atoms with E-state index in [4.69, 9.17) is 4.42 Å². The summed E-state index contributed by atoms with van der Waals surface area (Å²) in [6.07, 6.45) is 3.81. The maximum Gasteiger partial charge on any atom is 0.286 e. The second-order valence-electron chi connectivity index (χ2n) is 5.29. The van der Waals surface area contributed by atoms with Crippen molar-refractivity contribution in [1.82, 2.24) is 10.2 Å². The van der Waals surface area contributed by atoms with Crippen LogP contribution in [0.4, 0.5) is 0 Å². The fraction of sp³-hybridized carbons (Fsp3) is 0.375. The molecule has 0 bridgehead atoms. The molecule has 2 aromatic rings. The molecule has 0 radical (unpaired) electrons. The minimum Gasteiger partial charge on any atom is -0.459 e. The van der Waals surface area contributed by atoms with E-state index >= 15 is 0 Å². The number of carbonyl (C=O) groups is 2. The van der Waals surface area contributed by atoms with Crippen molar-refractivity contribution < 1.29 is 14.0 Å². The molecule has 0 saturated carbocycles. The lowest BCUT2D eigenvalue weighted by Crippen LogP contribution is -2.34. The molecule has 116 valence electrons. The highest BCUT2D eigenvalue weighted by molar-refractivity contribution is 7.07. The van der Waals surface area contributed by atoms with Crippen LogP contribution < -0.4 is 5.32 Å². The van der Waals surface area contributed by atoms with E-state index in [-0.39, 0.29) is 23.6 Å². The second kappa shape index (κ2) is 6.79. The van der Waals surface area contributed by atoms with Crippen LogP contribution in [-0.2, 0) is 4.79 Å². The Morgan fingerprint density at radius 3 is 3.05 bits per heavy atom. The molecular formula is C16H18N2O3S. The summed E-state index contributed by atoms with van der Waals surface area (Å²) in [5.74, 6) is 0.0758. The lowest BCUT2D eigenvalue weighted by atomic mass is 10.1. The molecule has 6 heteroatoms. The predicted octanol–water partition coefficient (Wildman–Crippen LogP) is 2.82. The van der Waals surface area contributed by atoms with Gasteiger partial charge in [-0.3, -0.25) is 9.59 Å². The van der Waals surface area contributed by atoms with Crippen molar-refractivity contribution in [1.29, 1.82) is 0 Å². The fourth-order valence-electron chi connectivity index (χ4n) is 2.80. The van der Waals surface area contributed by atoms with Crippen LogP contribution in [0.5, 0.6) is 0 Å². The molecular weight excluding hydrogens is 300 g/mol. The molecule has 1 N–H and O–H groups in total. The Morgan fingerprint density at radius 2 is 2.32 bits per heavy atom. The number of carbonyl (C=O) groups excluding carboxylic acids is 2. The Bertz CT molecular complexity index is 622. The van der Waals surface area contributed by atoms with Gasteiger partial charge in [-0.25, -0.2) is 0 Å². The van der Waals surface area contributed by atoms with E-state index in [2.05, 4.69) is 16.8 Å². The molecule has 1 aliphatic heterocycles. The van der Waals surface area contributed by atoms with Gasteiger partial charge in [0.05, 0.1) is 12.3 Å². The van der Waals surface area contributed by atoms with Crippen LogP contribution >= 0.6 is 11.3 Å². The molecule has 2 aromatic heterocycles. The number of likely N-dealkylation sites (tertiary alicyclic amines) is 1. The Balaban J connectivity index is 1.50. The zero-order chi connectivity index (χ0) is 15.4. The highest BCUT2D eigenvalue weighted by Crippen LogP contribution is 2.33. The first-order chi connectivity index (χ1) is 10.8. The first kappa shape index (κ1) is 14.8. The molecule has 1 aliphatic rings. The van der Waals surface area contributed by atoms with Crippen molar-refractivity contribution in [3.8, 4) is 0 Å². The van der Waals surface area contributed by atoms with Gasteiger partial charge in [0.15, 0.2) is 5.76 Å². The zero-order valence-electron chi connectivity index (χ0n) is 12.2. The van der Waals surface area contributed by atoms with Gasteiger partial charge in [-0.05, 0) is 47.4 Å². The molecule has 5 nitrogen and oxygen atoms in total. The average molecular weight is 318 g/mol. The summed E-state index contributed by atoms with van der Waals surface area (Å²) in [6, 6.07) is 5.54. The number of thiophene rings is 1. The maximum atomic E-state index is 12.4. The molecule has 1 atom stereocenters. The largest absolute Gasteiger partial charge is 0.459 e. The van der Waals surface area contributed by atoms with Gasteiger partial charge in [0.2, 0.25) is 5.91 Å². The van der Waals surface area contributed by atoms with Gasteiger partial charge in [-0.2, -0.15) is 11.3 Å². The Kier molecular flexibility index (Phi) is 4.58. The van der Waals surface area contributed by atoms with Crippen LogP contribution in [-0.4, -0.2) is 29.8 Å². The molecule has 22 heavy (non-hydrogen) atoms. The van der Waals surface area contributed by atoms with Crippen molar-refractivity contribution >= 4 is 23.2 Å². The monoisotopic (exact) mass is 318 g/mol. The minimum absolute atomic E-state index is 0.0912. The number of rotatable bonds is 5. The Morgan fingerprint density at radius 1 is 1.41 bits per heavy atom. The molecule has 3 heterocycles. The third kappa shape index (κ3) is 3.22. The van der Waals surface area contributed by atoms with E-state index in [1.165, 1.54) is 11.8 Å². The van der Waals surface area contributed by atoms with Gasteiger partial charge in [-0.15, -0.1) is 0 Å². The summed E-state index contributed by atoms with van der Waals surface area (Å²) >= 11 is 1.66. The zero-order valence-corrected chi connectivity index (χ0v) is 13.0. The van der Waals surface area contributed by atoms with Crippen LogP contribution in [0, 0.1) is 0 Å². The summed E-state index contributed by atoms with van der Waals surface area (Å²) in [4.78, 5) is 26.0. The van der Waals surface area contributed by atoms with E-state index in [1.807, 2.05) is 10.3 Å². The Labute approximate surface area is 132 Å². The number of nitrogens with zero attached hydrogens (tertiary/aromatic N) is 1. The molecule has 0 aromatic carbocycles. The summed E-state index contributed by atoms with van der Waals surface area (Å²) in [7, 11) is 0. The highest BCUT2D eigenvalue weighted by atomic mass is 32.1. The van der Waals surface area contributed by atoms with Crippen molar-refractivity contribution in [2.24, 2.45) is 0 Å². The fourth-order valence-corrected chi connectivity index (χ4v) is 3.50. The van der Waals surface area contributed by atoms with Crippen LogP contribution in [0.2, 0.25) is 0 Å². The van der Waals surface area contributed by atoms with Crippen LogP contribution in [0.1, 0.15) is 41.4 Å². The second-order valence-corrected chi connectivity index (χ2v) is 6.07. The van der Waals surface area contributed by atoms with Crippen molar-refractivity contribution in [2.75, 3.05) is 13.1 Å². The molecule has 1 fully saturated rings. The molecule has 1 saturated heterocycles. The first-order valence-electron chi connectivity index (χ1n) is 7.39. The third-order valence-corrected chi connectivity index (χ3v) is 4.57. The lowest BCUT2D eigenvalue weighted by Gasteiger charge is -2.24. The van der Waals surface area contributed by atoms with Gasteiger partial charge < -0.3 is 14.6 Å². The number of nitrogens with one attached hydrogen (secondary N) is 1. The van der Waals surface area contributed by atoms with Crippen LogP contribution in [0.15, 0.2) is 39.6 Å². The van der Waals surface area contributed by atoms with Gasteiger partial charge >= 0.3 is 0 Å². The summed E-state index contributed by atoms with van der Waals surface area (Å²) in [5.41, 5.74) is 1.22. The van der Waals surface area contributed by atoms with Crippen molar-refractivity contribution in [3.05, 3.63) is 46.5 Å². The molecule has 2 amide bonds. The van der Waals surface area contributed by atoms with Crippen molar-refractivity contribution in [3.63, 3.8) is 0 Å². The van der Waals surface area contributed by atoms with E-state index < -0.39 is 0 Å². The molecule has 0 aliphatic carbocycles. The topological polar surface area (TPSA) is 62.6 Å². The van der Waals surface area contributed by atoms with Gasteiger partial charge in [0.1, 0.15) is 0 Å². The third-order valence-electron chi connectivity index (χ3n) is 3.87. The normalized spacial score (nSPS) is 17.6. The van der Waals surface area contributed by atoms with E-state index in [1.54, 1.807) is 23.5 Å². The van der Waals surface area contributed by atoms with E-state index in [0.29, 0.717) is 13.0 Å². The van der Waals surface area contributed by atoms with Gasteiger partial charge in [0, 0.05) is 19.5 Å². The SMILES string of the molecule is O=C(NCCC(=O)N1CCC[C@@H]1c1ccsc1)c1ccco1. The number of hydrogen-bond donors (Lipinski definition) is 1. The lowest BCUT2D eigenvalue weighted by molar-refractivity contribution is -0.132. The van der Waals surface area contributed by atoms with E-state index in [0.717, 1.165) is 19.4 Å². The average Bonchev–Trinajstić information content (AvgIpc) is 3.26. The molecule has 3 rings (SSSR count). The Hall–Kier alpha value is -2.08. The highest BCUT2D eigenvalue weighted by Gasteiger charge is 2.29. The first-order valence-corrected chi connectivity index (χ1v) is 8.33. The quantitative estimate of drug-likeness (QED) is 0.922. The number of hydrogen-bond acceptors (Lipinski definition) is 4.